The van der Waals surface area contributed by atoms with E-state index in [1.54, 1.807) is 0 Å². The van der Waals surface area contributed by atoms with Gasteiger partial charge in [-0.15, -0.1) is 16.7 Å². The number of aromatic nitrogens is 2. The molecule has 4 heteroatoms. The van der Waals surface area contributed by atoms with Crippen molar-refractivity contribution in [3.63, 3.8) is 0 Å². The van der Waals surface area contributed by atoms with Gasteiger partial charge in [-0.25, -0.2) is 0 Å². The van der Waals surface area contributed by atoms with Crippen molar-refractivity contribution in [2.24, 2.45) is 0 Å². The highest BCUT2D eigenvalue weighted by Crippen LogP contribution is 2.21. The van der Waals surface area contributed by atoms with E-state index < -0.39 is 0 Å². The molecule has 0 aliphatic heterocycles. The zero-order valence-electron chi connectivity index (χ0n) is 5.26. The Morgan fingerprint density at radius 1 is 1.67 bits per heavy atom. The van der Waals surface area contributed by atoms with Crippen molar-refractivity contribution in [3.05, 3.63) is 10.6 Å². The normalized spacial score (nSPS) is 13.7. The first-order valence-corrected chi connectivity index (χ1v) is 3.85. The zero-order chi connectivity index (χ0) is 6.85. The molecule has 1 rings (SSSR count). The Labute approximate surface area is 63.0 Å². The molecule has 0 spiro atoms. The van der Waals surface area contributed by atoms with E-state index >= 15 is 0 Å². The van der Waals surface area contributed by atoms with Gasteiger partial charge in [0.05, 0.1) is 11.1 Å². The highest BCUT2D eigenvalue weighted by molar-refractivity contribution is 7.05. The van der Waals surface area contributed by atoms with Gasteiger partial charge < -0.3 is 0 Å². The van der Waals surface area contributed by atoms with Crippen molar-refractivity contribution in [3.8, 4) is 0 Å². The second-order valence-corrected chi connectivity index (χ2v) is 3.44. The summed E-state index contributed by atoms with van der Waals surface area (Å²) in [5.41, 5.74) is 0.904. The van der Waals surface area contributed by atoms with Gasteiger partial charge in [-0.05, 0) is 25.4 Å². The molecule has 0 bridgehead atoms. The largest absolute Gasteiger partial charge is 0.141 e. The van der Waals surface area contributed by atoms with E-state index in [1.165, 1.54) is 11.5 Å². The van der Waals surface area contributed by atoms with Crippen LogP contribution in [0.3, 0.4) is 0 Å². The number of halogens is 1. The lowest BCUT2D eigenvalue weighted by atomic mass is 10.3. The van der Waals surface area contributed by atoms with Crippen molar-refractivity contribution < 1.29 is 0 Å². The van der Waals surface area contributed by atoms with Crippen LogP contribution < -0.4 is 0 Å². The molecule has 1 unspecified atom stereocenters. The van der Waals surface area contributed by atoms with E-state index in [1.807, 2.05) is 13.8 Å². The molecule has 0 saturated carbocycles. The SMILES string of the molecule is Cc1snnc1C(C)Cl. The monoisotopic (exact) mass is 162 g/mol. The maximum absolute atomic E-state index is 5.75. The maximum atomic E-state index is 5.75. The van der Waals surface area contributed by atoms with Gasteiger partial charge in [0.1, 0.15) is 0 Å². The number of alkyl halides is 1. The average molecular weight is 163 g/mol. The molecule has 2 nitrogen and oxygen atoms in total. The van der Waals surface area contributed by atoms with Crippen molar-refractivity contribution >= 4 is 23.1 Å². The van der Waals surface area contributed by atoms with Crippen LogP contribution >= 0.6 is 23.1 Å². The van der Waals surface area contributed by atoms with E-state index in [2.05, 4.69) is 9.59 Å². The van der Waals surface area contributed by atoms with Gasteiger partial charge in [0, 0.05) is 4.88 Å². The second kappa shape index (κ2) is 2.62. The van der Waals surface area contributed by atoms with Gasteiger partial charge in [0.2, 0.25) is 0 Å². The van der Waals surface area contributed by atoms with Crippen molar-refractivity contribution in [2.45, 2.75) is 19.2 Å². The number of nitrogens with zero attached hydrogens (tertiary/aromatic N) is 2. The van der Waals surface area contributed by atoms with Crippen LogP contribution in [0, 0.1) is 6.92 Å². The summed E-state index contributed by atoms with van der Waals surface area (Å²) in [6.45, 7) is 3.87. The summed E-state index contributed by atoms with van der Waals surface area (Å²) in [7, 11) is 0. The fourth-order valence-corrected chi connectivity index (χ4v) is 1.44. The maximum Gasteiger partial charge on any atom is 0.0960 e. The predicted octanol–water partition coefficient (Wildman–Crippen LogP) is 2.15. The minimum atomic E-state index is -0.0104. The molecule has 1 aromatic rings. The van der Waals surface area contributed by atoms with Crippen LogP contribution in [-0.4, -0.2) is 9.59 Å². The molecule has 1 aromatic heterocycles. The van der Waals surface area contributed by atoms with Crippen LogP contribution in [0.4, 0.5) is 0 Å². The van der Waals surface area contributed by atoms with Gasteiger partial charge in [0.25, 0.3) is 0 Å². The minimum absolute atomic E-state index is 0.0104. The number of aryl methyl sites for hydroxylation is 1. The Bertz CT molecular complexity index is 197. The second-order valence-electron chi connectivity index (χ2n) is 1.83. The van der Waals surface area contributed by atoms with Crippen LogP contribution in [0.5, 0.6) is 0 Å². The Morgan fingerprint density at radius 3 is 2.56 bits per heavy atom. The molecule has 0 saturated heterocycles. The smallest absolute Gasteiger partial charge is 0.0960 e. The fourth-order valence-electron chi connectivity index (χ4n) is 0.602. The van der Waals surface area contributed by atoms with Crippen molar-refractivity contribution in [1.82, 2.24) is 9.59 Å². The van der Waals surface area contributed by atoms with Crippen LogP contribution in [-0.2, 0) is 0 Å². The molecule has 1 heterocycles. The molecule has 0 aliphatic rings. The first-order chi connectivity index (χ1) is 4.22. The predicted molar refractivity (Wildman–Crippen MR) is 38.9 cm³/mol. The Balaban J connectivity index is 2.94. The summed E-state index contributed by atoms with van der Waals surface area (Å²) >= 11 is 7.14. The van der Waals surface area contributed by atoms with Crippen LogP contribution in [0.1, 0.15) is 22.9 Å². The summed E-state index contributed by atoms with van der Waals surface area (Å²) in [5.74, 6) is 0. The Hall–Kier alpha value is -0.150. The highest BCUT2D eigenvalue weighted by atomic mass is 35.5. The topological polar surface area (TPSA) is 25.8 Å². The van der Waals surface area contributed by atoms with Gasteiger partial charge in [0.15, 0.2) is 0 Å². The third kappa shape index (κ3) is 1.40. The van der Waals surface area contributed by atoms with Gasteiger partial charge in [-0.2, -0.15) is 0 Å². The average Bonchev–Trinajstić information content (AvgIpc) is 2.13. The zero-order valence-corrected chi connectivity index (χ0v) is 6.83. The minimum Gasteiger partial charge on any atom is -0.141 e. The number of rotatable bonds is 1. The van der Waals surface area contributed by atoms with Crippen LogP contribution in [0.15, 0.2) is 0 Å². The van der Waals surface area contributed by atoms with Gasteiger partial charge >= 0.3 is 0 Å². The lowest BCUT2D eigenvalue weighted by Gasteiger charge is -1.94. The van der Waals surface area contributed by atoms with E-state index in [9.17, 15) is 0 Å². The first-order valence-electron chi connectivity index (χ1n) is 2.64. The molecule has 0 N–H and O–H groups in total. The number of hydrogen-bond donors (Lipinski definition) is 0. The van der Waals surface area contributed by atoms with Gasteiger partial charge in [-0.3, -0.25) is 0 Å². The molecule has 0 aliphatic carbocycles. The molecule has 0 radical (unpaired) electrons. The van der Waals surface area contributed by atoms with E-state index in [4.69, 9.17) is 11.6 Å². The van der Waals surface area contributed by atoms with E-state index in [0.29, 0.717) is 0 Å². The Morgan fingerprint density at radius 2 is 2.33 bits per heavy atom. The summed E-state index contributed by atoms with van der Waals surface area (Å²) < 4.78 is 3.75. The third-order valence-electron chi connectivity index (χ3n) is 1.06. The van der Waals surface area contributed by atoms with Crippen LogP contribution in [0.25, 0.3) is 0 Å². The number of hydrogen-bond acceptors (Lipinski definition) is 3. The Kier molecular flexibility index (Phi) is 2.03. The summed E-state index contributed by atoms with van der Waals surface area (Å²) in [6.07, 6.45) is 0. The van der Waals surface area contributed by atoms with E-state index in [0.717, 1.165) is 10.6 Å². The first kappa shape index (κ1) is 6.96. The third-order valence-corrected chi connectivity index (χ3v) is 1.92. The lowest BCUT2D eigenvalue weighted by Crippen LogP contribution is -1.86. The van der Waals surface area contributed by atoms with Gasteiger partial charge in [-0.1, -0.05) is 4.49 Å². The lowest BCUT2D eigenvalue weighted by molar-refractivity contribution is 0.949. The summed E-state index contributed by atoms with van der Waals surface area (Å²) in [4.78, 5) is 1.11. The van der Waals surface area contributed by atoms with Crippen molar-refractivity contribution in [2.75, 3.05) is 0 Å². The molecule has 0 amide bonds. The van der Waals surface area contributed by atoms with Crippen LogP contribution in [0.2, 0.25) is 0 Å². The summed E-state index contributed by atoms with van der Waals surface area (Å²) in [6, 6.07) is 0. The molecule has 0 aromatic carbocycles. The molecule has 0 fully saturated rings. The van der Waals surface area contributed by atoms with E-state index in [-0.39, 0.29) is 5.38 Å². The molecule has 1 atom stereocenters. The quantitative estimate of drug-likeness (QED) is 0.592. The molecule has 50 valence electrons. The summed E-state index contributed by atoms with van der Waals surface area (Å²) in [5, 5.41) is 3.84. The standard InChI is InChI=1S/C5H7ClN2S/c1-3(6)5-4(2)9-8-7-5/h3H,1-2H3. The fraction of sp³-hybridized carbons (Fsp3) is 0.600. The molecule has 9 heavy (non-hydrogen) atoms. The molecular weight excluding hydrogens is 156 g/mol. The molecular formula is C5H7ClN2S. The van der Waals surface area contributed by atoms with Crippen molar-refractivity contribution in [1.29, 1.82) is 0 Å². The highest BCUT2D eigenvalue weighted by Gasteiger charge is 2.07.